The quantitative estimate of drug-likeness (QED) is 0.839. The summed E-state index contributed by atoms with van der Waals surface area (Å²) in [6.45, 7) is 4.99. The molecule has 0 fully saturated rings. The first-order chi connectivity index (χ1) is 8.28. The van der Waals surface area contributed by atoms with Gasteiger partial charge in [0.1, 0.15) is 10.2 Å². The molecule has 3 nitrogen and oxygen atoms in total. The molecular weight excluding hydrogens is 250 g/mol. The average molecular weight is 265 g/mol. The molecule has 17 heavy (non-hydrogen) atoms. The molecular formula is C12H15N3S2. The van der Waals surface area contributed by atoms with Crippen molar-refractivity contribution >= 4 is 28.9 Å². The highest BCUT2D eigenvalue weighted by molar-refractivity contribution is 8.00. The summed E-state index contributed by atoms with van der Waals surface area (Å²) in [5, 5.41) is 5.29. The van der Waals surface area contributed by atoms with Crippen molar-refractivity contribution in [1.82, 2.24) is 9.97 Å². The highest BCUT2D eigenvalue weighted by Crippen LogP contribution is 2.25. The topological polar surface area (TPSA) is 37.8 Å². The predicted octanol–water partition coefficient (Wildman–Crippen LogP) is 3.57. The van der Waals surface area contributed by atoms with Crippen molar-refractivity contribution in [2.24, 2.45) is 0 Å². The van der Waals surface area contributed by atoms with Crippen LogP contribution in [0.5, 0.6) is 0 Å². The van der Waals surface area contributed by atoms with Crippen LogP contribution < -0.4 is 5.32 Å². The second kappa shape index (κ2) is 6.02. The Kier molecular flexibility index (Phi) is 4.39. The molecule has 2 aromatic heterocycles. The maximum Gasteiger partial charge on any atom is 0.150 e. The lowest BCUT2D eigenvalue weighted by Gasteiger charge is -2.04. The van der Waals surface area contributed by atoms with E-state index in [0.717, 1.165) is 33.8 Å². The van der Waals surface area contributed by atoms with Crippen molar-refractivity contribution in [1.29, 1.82) is 0 Å². The third-order valence-corrected chi connectivity index (χ3v) is 4.28. The van der Waals surface area contributed by atoms with Gasteiger partial charge in [-0.15, -0.1) is 11.3 Å². The fraction of sp³-hybridized carbons (Fsp3) is 0.333. The molecule has 0 aliphatic heterocycles. The minimum Gasteiger partial charge on any atom is -0.370 e. The highest BCUT2D eigenvalue weighted by Gasteiger charge is 2.02. The van der Waals surface area contributed by atoms with E-state index in [1.54, 1.807) is 23.1 Å². The Labute approximate surface area is 110 Å². The minimum absolute atomic E-state index is 0.867. The van der Waals surface area contributed by atoms with Crippen LogP contribution in [0.4, 0.5) is 5.82 Å². The summed E-state index contributed by atoms with van der Waals surface area (Å²) in [5.41, 5.74) is 2.17. The second-order valence-electron chi connectivity index (χ2n) is 3.59. The number of nitrogens with zero attached hydrogens (tertiary/aromatic N) is 2. The number of thiazole rings is 1. The largest absolute Gasteiger partial charge is 0.370 e. The van der Waals surface area contributed by atoms with Crippen LogP contribution in [-0.4, -0.2) is 16.5 Å². The number of hydrogen-bond acceptors (Lipinski definition) is 5. The molecule has 1 N–H and O–H groups in total. The van der Waals surface area contributed by atoms with Gasteiger partial charge in [-0.2, -0.15) is 0 Å². The van der Waals surface area contributed by atoms with Gasteiger partial charge in [-0.1, -0.05) is 17.8 Å². The molecule has 0 atom stereocenters. The fourth-order valence-corrected chi connectivity index (χ4v) is 3.13. The fourth-order valence-electron chi connectivity index (χ4n) is 1.37. The zero-order valence-corrected chi connectivity index (χ0v) is 11.6. The van der Waals surface area contributed by atoms with Crippen LogP contribution in [0.3, 0.4) is 0 Å². The number of nitrogens with one attached hydrogen (secondary N) is 1. The molecule has 0 radical (unpaired) electrons. The number of anilines is 1. The Morgan fingerprint density at radius 3 is 2.94 bits per heavy atom. The summed E-state index contributed by atoms with van der Waals surface area (Å²) in [7, 11) is 0. The minimum atomic E-state index is 0.867. The molecule has 0 spiro atoms. The predicted molar refractivity (Wildman–Crippen MR) is 74.8 cm³/mol. The molecule has 0 saturated carbocycles. The first-order valence-electron chi connectivity index (χ1n) is 5.52. The van der Waals surface area contributed by atoms with Gasteiger partial charge >= 0.3 is 0 Å². The summed E-state index contributed by atoms with van der Waals surface area (Å²) >= 11 is 3.43. The van der Waals surface area contributed by atoms with Gasteiger partial charge in [-0.05, 0) is 26.0 Å². The zero-order chi connectivity index (χ0) is 12.1. The molecule has 0 aliphatic rings. The highest BCUT2D eigenvalue weighted by atomic mass is 32.2. The standard InChI is InChI=1S/C12H15N3S2/c1-3-13-11-6-4-5-10(15-11)8-17-12-14-9(2)7-16-12/h4-7H,3,8H2,1-2H3,(H,13,15). The van der Waals surface area contributed by atoms with Gasteiger partial charge in [0.05, 0.1) is 5.69 Å². The van der Waals surface area contributed by atoms with Crippen LogP contribution in [-0.2, 0) is 5.75 Å². The van der Waals surface area contributed by atoms with Crippen LogP contribution in [0.25, 0.3) is 0 Å². The lowest BCUT2D eigenvalue weighted by molar-refractivity contribution is 1.11. The van der Waals surface area contributed by atoms with Crippen molar-refractivity contribution in [3.63, 3.8) is 0 Å². The van der Waals surface area contributed by atoms with Gasteiger partial charge in [0.2, 0.25) is 0 Å². The summed E-state index contributed by atoms with van der Waals surface area (Å²) in [6, 6.07) is 6.08. The summed E-state index contributed by atoms with van der Waals surface area (Å²) < 4.78 is 1.11. The average Bonchev–Trinajstić information content (AvgIpc) is 2.74. The van der Waals surface area contributed by atoms with E-state index in [0.29, 0.717) is 0 Å². The molecule has 5 heteroatoms. The molecule has 0 bridgehead atoms. The van der Waals surface area contributed by atoms with Crippen molar-refractivity contribution in [2.75, 3.05) is 11.9 Å². The Bertz CT molecular complexity index is 482. The van der Waals surface area contributed by atoms with E-state index >= 15 is 0 Å². The van der Waals surface area contributed by atoms with E-state index in [1.807, 2.05) is 25.1 Å². The molecule has 0 saturated heterocycles. The SMILES string of the molecule is CCNc1cccc(CSc2nc(C)cs2)n1. The van der Waals surface area contributed by atoms with Crippen molar-refractivity contribution in [3.05, 3.63) is 35.0 Å². The van der Waals surface area contributed by atoms with Gasteiger partial charge in [0.25, 0.3) is 0 Å². The Morgan fingerprint density at radius 1 is 1.35 bits per heavy atom. The number of hydrogen-bond donors (Lipinski definition) is 1. The van der Waals surface area contributed by atoms with Gasteiger partial charge < -0.3 is 5.32 Å². The Balaban J connectivity index is 1.96. The van der Waals surface area contributed by atoms with Crippen molar-refractivity contribution in [3.8, 4) is 0 Å². The van der Waals surface area contributed by atoms with Crippen LogP contribution in [0.15, 0.2) is 27.9 Å². The summed E-state index contributed by atoms with van der Waals surface area (Å²) in [6.07, 6.45) is 0. The third kappa shape index (κ3) is 3.71. The number of thioether (sulfide) groups is 1. The Morgan fingerprint density at radius 2 is 2.24 bits per heavy atom. The summed E-state index contributed by atoms with van der Waals surface area (Å²) in [5.74, 6) is 1.81. The third-order valence-electron chi connectivity index (χ3n) is 2.11. The molecule has 2 heterocycles. The van der Waals surface area contributed by atoms with Crippen LogP contribution >= 0.6 is 23.1 Å². The van der Waals surface area contributed by atoms with E-state index in [1.165, 1.54) is 0 Å². The van der Waals surface area contributed by atoms with Crippen LogP contribution in [0.2, 0.25) is 0 Å². The van der Waals surface area contributed by atoms with Crippen LogP contribution in [0, 0.1) is 6.92 Å². The maximum atomic E-state index is 4.53. The van der Waals surface area contributed by atoms with Crippen molar-refractivity contribution in [2.45, 2.75) is 23.9 Å². The van der Waals surface area contributed by atoms with E-state index in [9.17, 15) is 0 Å². The first kappa shape index (κ1) is 12.4. The van der Waals surface area contributed by atoms with E-state index < -0.39 is 0 Å². The lowest BCUT2D eigenvalue weighted by Crippen LogP contribution is -2.00. The Hall–Kier alpha value is -1.07. The number of pyridine rings is 1. The first-order valence-corrected chi connectivity index (χ1v) is 7.39. The normalized spacial score (nSPS) is 10.5. The molecule has 0 aromatic carbocycles. The second-order valence-corrected chi connectivity index (χ2v) is 5.67. The molecule has 2 aromatic rings. The number of aryl methyl sites for hydroxylation is 1. The van der Waals surface area contributed by atoms with Gasteiger partial charge in [0.15, 0.2) is 0 Å². The van der Waals surface area contributed by atoms with Gasteiger partial charge in [-0.25, -0.2) is 9.97 Å². The van der Waals surface area contributed by atoms with E-state index in [-0.39, 0.29) is 0 Å². The molecule has 90 valence electrons. The molecule has 2 rings (SSSR count). The van der Waals surface area contributed by atoms with Crippen molar-refractivity contribution < 1.29 is 0 Å². The maximum absolute atomic E-state index is 4.53. The molecule has 0 unspecified atom stereocenters. The van der Waals surface area contributed by atoms with Crippen LogP contribution in [0.1, 0.15) is 18.3 Å². The monoisotopic (exact) mass is 265 g/mol. The number of aromatic nitrogens is 2. The molecule has 0 aliphatic carbocycles. The van der Waals surface area contributed by atoms with Gasteiger partial charge in [-0.3, -0.25) is 0 Å². The van der Waals surface area contributed by atoms with E-state index in [2.05, 4.69) is 27.6 Å². The number of rotatable bonds is 5. The summed E-state index contributed by atoms with van der Waals surface area (Å²) in [4.78, 5) is 8.95. The molecule has 0 amide bonds. The lowest BCUT2D eigenvalue weighted by atomic mass is 10.4. The van der Waals surface area contributed by atoms with Gasteiger partial charge in [0, 0.05) is 23.4 Å². The smallest absolute Gasteiger partial charge is 0.150 e. The zero-order valence-electron chi connectivity index (χ0n) is 9.93. The van der Waals surface area contributed by atoms with E-state index in [4.69, 9.17) is 0 Å².